The van der Waals surface area contributed by atoms with Gasteiger partial charge in [-0.2, -0.15) is 5.10 Å². The summed E-state index contributed by atoms with van der Waals surface area (Å²) in [7, 11) is 1.74. The zero-order chi connectivity index (χ0) is 11.0. The second-order valence-corrected chi connectivity index (χ2v) is 4.07. The SMILES string of the molecule is Cc1nn(C)c(C(=O)NC2CCC2)c1N. The van der Waals surface area contributed by atoms with E-state index in [1.165, 1.54) is 6.42 Å². The minimum Gasteiger partial charge on any atom is -0.395 e. The number of hydrogen-bond donors (Lipinski definition) is 2. The van der Waals surface area contributed by atoms with Gasteiger partial charge >= 0.3 is 0 Å². The first-order chi connectivity index (χ1) is 7.09. The van der Waals surface area contributed by atoms with E-state index in [-0.39, 0.29) is 5.91 Å². The number of hydrogen-bond acceptors (Lipinski definition) is 3. The molecule has 5 nitrogen and oxygen atoms in total. The first kappa shape index (κ1) is 10.0. The predicted molar refractivity (Wildman–Crippen MR) is 57.5 cm³/mol. The summed E-state index contributed by atoms with van der Waals surface area (Å²) in [5.74, 6) is -0.111. The van der Waals surface area contributed by atoms with Gasteiger partial charge in [0.25, 0.3) is 5.91 Å². The van der Waals surface area contributed by atoms with Crippen molar-refractivity contribution in [2.75, 3.05) is 5.73 Å². The second-order valence-electron chi connectivity index (χ2n) is 4.07. The van der Waals surface area contributed by atoms with Crippen molar-refractivity contribution in [3.05, 3.63) is 11.4 Å². The third-order valence-corrected chi connectivity index (χ3v) is 2.92. The molecule has 1 heterocycles. The van der Waals surface area contributed by atoms with Crippen molar-refractivity contribution >= 4 is 11.6 Å². The molecule has 0 saturated heterocycles. The van der Waals surface area contributed by atoms with Crippen LogP contribution >= 0.6 is 0 Å². The van der Waals surface area contributed by atoms with Crippen LogP contribution in [0, 0.1) is 6.92 Å². The molecular formula is C10H16N4O. The maximum atomic E-state index is 11.9. The number of nitrogen functional groups attached to an aromatic ring is 1. The summed E-state index contributed by atoms with van der Waals surface area (Å²) in [5.41, 5.74) is 7.45. The number of amides is 1. The molecule has 1 amide bonds. The van der Waals surface area contributed by atoms with Crippen molar-refractivity contribution in [3.8, 4) is 0 Å². The van der Waals surface area contributed by atoms with Crippen molar-refractivity contribution < 1.29 is 4.79 Å². The molecule has 0 atom stereocenters. The van der Waals surface area contributed by atoms with E-state index in [0.717, 1.165) is 12.8 Å². The van der Waals surface area contributed by atoms with Crippen LogP contribution in [-0.2, 0) is 7.05 Å². The van der Waals surface area contributed by atoms with E-state index in [1.54, 1.807) is 18.7 Å². The highest BCUT2D eigenvalue weighted by atomic mass is 16.2. The minimum absolute atomic E-state index is 0.111. The van der Waals surface area contributed by atoms with Crippen LogP contribution in [0.1, 0.15) is 35.4 Å². The van der Waals surface area contributed by atoms with Gasteiger partial charge in [-0.15, -0.1) is 0 Å². The maximum Gasteiger partial charge on any atom is 0.271 e. The predicted octanol–water partition coefficient (Wildman–Crippen LogP) is 0.593. The Kier molecular flexibility index (Phi) is 2.38. The number of carbonyl (C=O) groups is 1. The minimum atomic E-state index is -0.111. The molecule has 3 N–H and O–H groups in total. The first-order valence-corrected chi connectivity index (χ1v) is 5.19. The van der Waals surface area contributed by atoms with Gasteiger partial charge in [0.05, 0.1) is 11.4 Å². The fourth-order valence-electron chi connectivity index (χ4n) is 1.75. The van der Waals surface area contributed by atoms with Gasteiger partial charge in [-0.3, -0.25) is 9.48 Å². The van der Waals surface area contributed by atoms with Crippen LogP contribution in [0.3, 0.4) is 0 Å². The van der Waals surface area contributed by atoms with Crippen LogP contribution in [-0.4, -0.2) is 21.7 Å². The lowest BCUT2D eigenvalue weighted by Gasteiger charge is -2.26. The standard InChI is InChI=1S/C10H16N4O/c1-6-8(11)9(14(2)13-6)10(15)12-7-4-3-5-7/h7H,3-5,11H2,1-2H3,(H,12,15). The Morgan fingerprint density at radius 2 is 2.27 bits per heavy atom. The Morgan fingerprint density at radius 1 is 1.60 bits per heavy atom. The Labute approximate surface area is 88.6 Å². The van der Waals surface area contributed by atoms with Crippen molar-refractivity contribution in [2.45, 2.75) is 32.2 Å². The third kappa shape index (κ3) is 1.69. The van der Waals surface area contributed by atoms with Crippen LogP contribution in [0.5, 0.6) is 0 Å². The molecule has 0 aliphatic heterocycles. The van der Waals surface area contributed by atoms with Gasteiger partial charge < -0.3 is 11.1 Å². The Hall–Kier alpha value is -1.52. The largest absolute Gasteiger partial charge is 0.395 e. The molecule has 1 aliphatic carbocycles. The zero-order valence-electron chi connectivity index (χ0n) is 9.08. The van der Waals surface area contributed by atoms with Gasteiger partial charge in [-0.25, -0.2) is 0 Å². The number of carbonyl (C=O) groups excluding carboxylic acids is 1. The highest BCUT2D eigenvalue weighted by molar-refractivity contribution is 5.98. The molecule has 2 rings (SSSR count). The number of aryl methyl sites for hydroxylation is 2. The molecule has 0 unspecified atom stereocenters. The van der Waals surface area contributed by atoms with E-state index in [1.807, 2.05) is 0 Å². The molecule has 15 heavy (non-hydrogen) atoms. The molecule has 1 fully saturated rings. The average molecular weight is 208 g/mol. The lowest BCUT2D eigenvalue weighted by Crippen LogP contribution is -2.40. The Morgan fingerprint density at radius 3 is 2.67 bits per heavy atom. The van der Waals surface area contributed by atoms with Crippen LogP contribution in [0.15, 0.2) is 0 Å². The Bertz CT molecular complexity index is 392. The van der Waals surface area contributed by atoms with Crippen molar-refractivity contribution in [3.63, 3.8) is 0 Å². The summed E-state index contributed by atoms with van der Waals surface area (Å²) in [4.78, 5) is 11.9. The first-order valence-electron chi connectivity index (χ1n) is 5.19. The van der Waals surface area contributed by atoms with Gasteiger partial charge in [0.1, 0.15) is 5.69 Å². The van der Waals surface area contributed by atoms with Crippen molar-refractivity contribution in [1.29, 1.82) is 0 Å². The quantitative estimate of drug-likeness (QED) is 0.747. The summed E-state index contributed by atoms with van der Waals surface area (Å²) in [5, 5.41) is 7.06. The van der Waals surface area contributed by atoms with E-state index in [9.17, 15) is 4.79 Å². The number of nitrogens with one attached hydrogen (secondary N) is 1. The average Bonchev–Trinajstić information content (AvgIpc) is 2.34. The fourth-order valence-corrected chi connectivity index (χ4v) is 1.75. The van der Waals surface area contributed by atoms with E-state index in [4.69, 9.17) is 5.73 Å². The van der Waals surface area contributed by atoms with Gasteiger partial charge in [0.2, 0.25) is 0 Å². The molecular weight excluding hydrogens is 192 g/mol. The highest BCUT2D eigenvalue weighted by Crippen LogP contribution is 2.20. The fraction of sp³-hybridized carbons (Fsp3) is 0.600. The number of rotatable bonds is 2. The van der Waals surface area contributed by atoms with E-state index in [0.29, 0.717) is 23.1 Å². The zero-order valence-corrected chi connectivity index (χ0v) is 9.08. The molecule has 1 aromatic rings. The van der Waals surface area contributed by atoms with Crippen LogP contribution in [0.4, 0.5) is 5.69 Å². The topological polar surface area (TPSA) is 72.9 Å². The van der Waals surface area contributed by atoms with Gasteiger partial charge in [-0.1, -0.05) is 0 Å². The summed E-state index contributed by atoms with van der Waals surface area (Å²) >= 11 is 0. The summed E-state index contributed by atoms with van der Waals surface area (Å²) in [6.45, 7) is 1.80. The number of nitrogens with two attached hydrogens (primary N) is 1. The number of anilines is 1. The van der Waals surface area contributed by atoms with Gasteiger partial charge in [0, 0.05) is 13.1 Å². The molecule has 82 valence electrons. The monoisotopic (exact) mass is 208 g/mol. The van der Waals surface area contributed by atoms with E-state index < -0.39 is 0 Å². The smallest absolute Gasteiger partial charge is 0.271 e. The highest BCUT2D eigenvalue weighted by Gasteiger charge is 2.23. The molecule has 1 saturated carbocycles. The molecule has 0 aromatic carbocycles. The second kappa shape index (κ2) is 3.56. The number of nitrogens with zero attached hydrogens (tertiary/aromatic N) is 2. The third-order valence-electron chi connectivity index (χ3n) is 2.92. The molecule has 0 radical (unpaired) electrons. The molecule has 0 bridgehead atoms. The summed E-state index contributed by atoms with van der Waals surface area (Å²) < 4.78 is 1.54. The van der Waals surface area contributed by atoms with Crippen LogP contribution < -0.4 is 11.1 Å². The molecule has 0 spiro atoms. The lowest BCUT2D eigenvalue weighted by molar-refractivity contribution is 0.0908. The van der Waals surface area contributed by atoms with Crippen molar-refractivity contribution in [1.82, 2.24) is 15.1 Å². The van der Waals surface area contributed by atoms with Crippen molar-refractivity contribution in [2.24, 2.45) is 7.05 Å². The Balaban J connectivity index is 2.16. The number of aromatic nitrogens is 2. The normalized spacial score (nSPS) is 16.1. The molecule has 1 aromatic heterocycles. The van der Waals surface area contributed by atoms with Gasteiger partial charge in [-0.05, 0) is 26.2 Å². The summed E-state index contributed by atoms with van der Waals surface area (Å²) in [6, 6.07) is 0.326. The maximum absolute atomic E-state index is 11.9. The van der Waals surface area contributed by atoms with Crippen LogP contribution in [0.2, 0.25) is 0 Å². The van der Waals surface area contributed by atoms with Gasteiger partial charge in [0.15, 0.2) is 0 Å². The van der Waals surface area contributed by atoms with E-state index >= 15 is 0 Å². The molecule has 5 heteroatoms. The lowest BCUT2D eigenvalue weighted by atomic mass is 9.93. The van der Waals surface area contributed by atoms with Crippen LogP contribution in [0.25, 0.3) is 0 Å². The van der Waals surface area contributed by atoms with E-state index in [2.05, 4.69) is 10.4 Å². The summed E-state index contributed by atoms with van der Waals surface area (Å²) in [6.07, 6.45) is 3.34. The molecule has 1 aliphatic rings.